The Labute approximate surface area is 165 Å². The average Bonchev–Trinajstić information content (AvgIpc) is 3.11. The number of hydrogen-bond acceptors (Lipinski definition) is 5. The number of nitrogens with zero attached hydrogens (tertiary/aromatic N) is 1. The number of pyridine rings is 1. The summed E-state index contributed by atoms with van der Waals surface area (Å²) in [5.41, 5.74) is 5.06. The van der Waals surface area contributed by atoms with E-state index < -0.39 is 24.1 Å². The average molecular weight is 396 g/mol. The molecule has 4 rings (SSSR count). The molecular weight excluding hydrogens is 376 g/mol. The molecule has 0 radical (unpaired) electrons. The molecule has 8 heteroatoms. The Morgan fingerprint density at radius 1 is 0.897 bits per heavy atom. The van der Waals surface area contributed by atoms with E-state index in [4.69, 9.17) is 20.4 Å². The summed E-state index contributed by atoms with van der Waals surface area (Å²) in [5.74, 6) is -3.54. The molecule has 5 N–H and O–H groups in total. The zero-order valence-electron chi connectivity index (χ0n) is 15.7. The molecule has 2 aromatic heterocycles. The first-order chi connectivity index (χ1) is 13.7. The van der Waals surface area contributed by atoms with Crippen LogP contribution in [-0.4, -0.2) is 54.5 Å². The predicted octanol–water partition coefficient (Wildman–Crippen LogP) is 2.36. The molecule has 2 atom stereocenters. The van der Waals surface area contributed by atoms with Gasteiger partial charge in [0.25, 0.3) is 0 Å². The van der Waals surface area contributed by atoms with Crippen molar-refractivity contribution in [1.82, 2.24) is 9.97 Å². The van der Waals surface area contributed by atoms with Crippen LogP contribution in [0.3, 0.4) is 0 Å². The molecular formula is C21H20N2O6. The Morgan fingerprint density at radius 3 is 2.14 bits per heavy atom. The number of carboxylic acids is 2. The summed E-state index contributed by atoms with van der Waals surface area (Å²) in [4.78, 5) is 27.4. The fourth-order valence-corrected chi connectivity index (χ4v) is 3.37. The number of aryl methyl sites for hydroxylation is 2. The maximum absolute atomic E-state index is 9.77. The third kappa shape index (κ3) is 3.63. The van der Waals surface area contributed by atoms with Crippen LogP contribution in [0.15, 0.2) is 42.7 Å². The molecule has 0 bridgehead atoms. The highest BCUT2D eigenvalue weighted by Gasteiger charge is 2.29. The summed E-state index contributed by atoms with van der Waals surface area (Å²) >= 11 is 0. The number of aliphatic hydroxyl groups is 2. The van der Waals surface area contributed by atoms with E-state index >= 15 is 0 Å². The highest BCUT2D eigenvalue weighted by Crippen LogP contribution is 2.35. The van der Waals surface area contributed by atoms with Crippen molar-refractivity contribution in [3.8, 4) is 0 Å². The minimum Gasteiger partial charge on any atom is -0.479 e. The molecule has 0 spiro atoms. The van der Waals surface area contributed by atoms with E-state index in [1.165, 1.54) is 43.7 Å². The second-order valence-electron chi connectivity index (χ2n) is 6.66. The van der Waals surface area contributed by atoms with Crippen LogP contribution in [0.4, 0.5) is 0 Å². The van der Waals surface area contributed by atoms with Crippen LogP contribution in [0, 0.1) is 13.8 Å². The summed E-state index contributed by atoms with van der Waals surface area (Å²) in [6, 6.07) is 10.6. The number of benzene rings is 2. The molecule has 2 heterocycles. The number of aromatic amines is 1. The van der Waals surface area contributed by atoms with Crippen molar-refractivity contribution in [2.45, 2.75) is 26.1 Å². The van der Waals surface area contributed by atoms with Gasteiger partial charge in [-0.15, -0.1) is 0 Å². The first kappa shape index (κ1) is 20.2. The molecule has 0 aliphatic heterocycles. The van der Waals surface area contributed by atoms with E-state index in [9.17, 15) is 9.59 Å². The smallest absolute Gasteiger partial charge is 0.335 e. The Hall–Kier alpha value is -3.49. The maximum atomic E-state index is 9.77. The van der Waals surface area contributed by atoms with Gasteiger partial charge in [0.15, 0.2) is 12.2 Å². The Morgan fingerprint density at radius 2 is 1.52 bits per heavy atom. The van der Waals surface area contributed by atoms with Crippen LogP contribution in [0.2, 0.25) is 0 Å². The molecule has 0 aliphatic carbocycles. The van der Waals surface area contributed by atoms with E-state index in [0.29, 0.717) is 0 Å². The highest BCUT2D eigenvalue weighted by atomic mass is 16.4. The maximum Gasteiger partial charge on any atom is 0.335 e. The van der Waals surface area contributed by atoms with E-state index in [2.05, 4.69) is 54.1 Å². The van der Waals surface area contributed by atoms with Crippen molar-refractivity contribution < 1.29 is 30.0 Å². The molecule has 8 nitrogen and oxygen atoms in total. The summed E-state index contributed by atoms with van der Waals surface area (Å²) < 4.78 is 0. The fraction of sp³-hybridized carbons (Fsp3) is 0.190. The van der Waals surface area contributed by atoms with Gasteiger partial charge in [-0.3, -0.25) is 4.98 Å². The molecule has 2 aromatic carbocycles. The van der Waals surface area contributed by atoms with Crippen LogP contribution in [0.1, 0.15) is 11.1 Å². The van der Waals surface area contributed by atoms with Crippen molar-refractivity contribution in [2.24, 2.45) is 0 Å². The summed E-state index contributed by atoms with van der Waals surface area (Å²) in [6.45, 7) is 4.37. The normalized spacial score (nSPS) is 13.1. The van der Waals surface area contributed by atoms with Crippen molar-refractivity contribution >= 4 is 44.5 Å². The first-order valence-electron chi connectivity index (χ1n) is 8.79. The van der Waals surface area contributed by atoms with Gasteiger partial charge >= 0.3 is 11.9 Å². The van der Waals surface area contributed by atoms with Gasteiger partial charge in [-0.25, -0.2) is 9.59 Å². The lowest BCUT2D eigenvalue weighted by molar-refractivity contribution is -0.165. The van der Waals surface area contributed by atoms with Gasteiger partial charge in [0.05, 0.1) is 5.52 Å². The van der Waals surface area contributed by atoms with E-state index in [0.717, 1.165) is 0 Å². The van der Waals surface area contributed by atoms with Crippen molar-refractivity contribution in [3.63, 3.8) is 0 Å². The topological polar surface area (TPSA) is 144 Å². The van der Waals surface area contributed by atoms with Crippen molar-refractivity contribution in [2.75, 3.05) is 0 Å². The highest BCUT2D eigenvalue weighted by molar-refractivity contribution is 6.16. The third-order valence-corrected chi connectivity index (χ3v) is 4.89. The second-order valence-corrected chi connectivity index (χ2v) is 6.66. The first-order valence-corrected chi connectivity index (χ1v) is 8.79. The molecule has 150 valence electrons. The van der Waals surface area contributed by atoms with Gasteiger partial charge in [0.1, 0.15) is 0 Å². The molecule has 4 aromatic rings. The van der Waals surface area contributed by atoms with Crippen molar-refractivity contribution in [3.05, 3.63) is 53.9 Å². The van der Waals surface area contributed by atoms with Gasteiger partial charge in [0, 0.05) is 34.1 Å². The van der Waals surface area contributed by atoms with Gasteiger partial charge in [0.2, 0.25) is 0 Å². The van der Waals surface area contributed by atoms with E-state index in [-0.39, 0.29) is 0 Å². The van der Waals surface area contributed by atoms with Crippen LogP contribution in [0.25, 0.3) is 32.6 Å². The number of aromatic nitrogens is 2. The standard InChI is InChI=1S/C17H14N2.C4H6O6/c1-10-14-9-18-8-7-12(14)11(2)17-16(10)13-5-3-4-6-15(13)19-17;5-1(3(7)8)2(6)4(9)10/h3-9,19H,1-2H3;1-2,5-6H,(H,7,8)(H,9,10)/t;1-,2-/m.1/s1. The lowest BCUT2D eigenvalue weighted by Gasteiger charge is -2.08. The minimum absolute atomic E-state index is 1.20. The van der Waals surface area contributed by atoms with Gasteiger partial charge in [-0.05, 0) is 42.5 Å². The van der Waals surface area contributed by atoms with E-state index in [1.807, 2.05) is 12.4 Å². The number of nitrogens with one attached hydrogen (secondary N) is 1. The fourth-order valence-electron chi connectivity index (χ4n) is 3.37. The molecule has 0 saturated heterocycles. The summed E-state index contributed by atoms with van der Waals surface area (Å²) in [5, 5.41) is 37.7. The number of carboxylic acid groups (broad SMARTS) is 2. The van der Waals surface area contributed by atoms with Gasteiger partial charge < -0.3 is 25.4 Å². The third-order valence-electron chi connectivity index (χ3n) is 4.89. The molecule has 0 aliphatic rings. The van der Waals surface area contributed by atoms with E-state index in [1.54, 1.807) is 0 Å². The van der Waals surface area contributed by atoms with Crippen LogP contribution < -0.4 is 0 Å². The number of aliphatic hydroxyl groups excluding tert-OH is 2. The summed E-state index contributed by atoms with van der Waals surface area (Å²) in [6.07, 6.45) is -0.697. The Balaban J connectivity index is 0.000000207. The number of rotatable bonds is 3. The molecule has 0 fully saturated rings. The van der Waals surface area contributed by atoms with Crippen LogP contribution >= 0.6 is 0 Å². The van der Waals surface area contributed by atoms with Crippen LogP contribution in [0.5, 0.6) is 0 Å². The molecule has 0 saturated carbocycles. The SMILES string of the molecule is Cc1c2ccncc2c(C)c2c1[nH]c1ccccc12.O=C(O)[C@H](O)[C@@H](O)C(=O)O. The zero-order chi connectivity index (χ0) is 21.3. The monoisotopic (exact) mass is 396 g/mol. The molecule has 0 amide bonds. The number of para-hydroxylation sites is 1. The van der Waals surface area contributed by atoms with Crippen LogP contribution in [-0.2, 0) is 9.59 Å². The quantitative estimate of drug-likeness (QED) is 0.357. The Kier molecular flexibility index (Phi) is 5.49. The minimum atomic E-state index is -2.27. The molecule has 29 heavy (non-hydrogen) atoms. The second kappa shape index (κ2) is 7.86. The lowest BCUT2D eigenvalue weighted by Crippen LogP contribution is -2.39. The zero-order valence-corrected chi connectivity index (χ0v) is 15.7. The van der Waals surface area contributed by atoms with Crippen molar-refractivity contribution in [1.29, 1.82) is 0 Å². The largest absolute Gasteiger partial charge is 0.479 e. The lowest BCUT2D eigenvalue weighted by atomic mass is 9.97. The van der Waals surface area contributed by atoms with Gasteiger partial charge in [-0.2, -0.15) is 0 Å². The number of fused-ring (bicyclic) bond motifs is 4. The number of H-pyrrole nitrogens is 1. The van der Waals surface area contributed by atoms with Gasteiger partial charge in [-0.1, -0.05) is 18.2 Å². The molecule has 0 unspecified atom stereocenters. The number of aliphatic carboxylic acids is 2. The number of hydrogen-bond donors (Lipinski definition) is 5. The predicted molar refractivity (Wildman–Crippen MR) is 108 cm³/mol. The number of carbonyl (C=O) groups is 2. The Bertz CT molecular complexity index is 1210. The summed E-state index contributed by atoms with van der Waals surface area (Å²) in [7, 11) is 0.